The van der Waals surface area contributed by atoms with Crippen LogP contribution in [0.15, 0.2) is 40.9 Å². The van der Waals surface area contributed by atoms with Gasteiger partial charge in [-0.3, -0.25) is 4.79 Å². The fourth-order valence-electron chi connectivity index (χ4n) is 1.50. The van der Waals surface area contributed by atoms with Crippen LogP contribution in [-0.4, -0.2) is 16.1 Å². The summed E-state index contributed by atoms with van der Waals surface area (Å²) in [5.41, 5.74) is 0.499. The highest BCUT2D eigenvalue weighted by Gasteiger charge is 2.15. The van der Waals surface area contributed by atoms with Gasteiger partial charge in [-0.25, -0.2) is 0 Å². The van der Waals surface area contributed by atoms with Gasteiger partial charge in [0, 0.05) is 9.50 Å². The average Bonchev–Trinajstić information content (AvgIpc) is 2.36. The number of benzene rings is 2. The monoisotopic (exact) mass is 341 g/mol. The standard InChI is InChI=1S/C13H9BrClNO3/c14-9-6-7(15)4-5-10(9)16-13(19)8-2-1-3-11(17)12(8)18/h1-6,17-18H,(H,16,19). The highest BCUT2D eigenvalue weighted by atomic mass is 79.9. The summed E-state index contributed by atoms with van der Waals surface area (Å²) < 4.78 is 0.619. The molecule has 2 aromatic carbocycles. The Balaban J connectivity index is 2.28. The number of phenolic OH excluding ortho intramolecular Hbond substituents is 2. The third kappa shape index (κ3) is 3.00. The van der Waals surface area contributed by atoms with Crippen molar-refractivity contribution in [2.24, 2.45) is 0 Å². The summed E-state index contributed by atoms with van der Waals surface area (Å²) in [4.78, 5) is 12.0. The van der Waals surface area contributed by atoms with Crippen molar-refractivity contribution in [3.05, 3.63) is 51.5 Å². The zero-order valence-electron chi connectivity index (χ0n) is 9.52. The molecule has 2 aromatic rings. The number of amides is 1. The normalized spacial score (nSPS) is 10.2. The molecule has 19 heavy (non-hydrogen) atoms. The first-order valence-corrected chi connectivity index (χ1v) is 6.43. The number of rotatable bonds is 2. The number of hydrogen-bond donors (Lipinski definition) is 3. The van der Waals surface area contributed by atoms with Crippen molar-refractivity contribution >= 4 is 39.1 Å². The quantitative estimate of drug-likeness (QED) is 0.728. The van der Waals surface area contributed by atoms with Crippen LogP contribution in [0.1, 0.15) is 10.4 Å². The van der Waals surface area contributed by atoms with Gasteiger partial charge in [0.1, 0.15) is 0 Å². The van der Waals surface area contributed by atoms with E-state index in [1.807, 2.05) is 0 Å². The van der Waals surface area contributed by atoms with Crippen molar-refractivity contribution in [3.63, 3.8) is 0 Å². The van der Waals surface area contributed by atoms with Crippen LogP contribution in [0.3, 0.4) is 0 Å². The Morgan fingerprint density at radius 3 is 2.63 bits per heavy atom. The molecule has 3 N–H and O–H groups in total. The molecule has 0 radical (unpaired) electrons. The summed E-state index contributed by atoms with van der Waals surface area (Å²) in [5, 5.41) is 22.1. The molecule has 0 aromatic heterocycles. The summed E-state index contributed by atoms with van der Waals surface area (Å²) in [6.45, 7) is 0. The second-order valence-corrected chi connectivity index (χ2v) is 5.04. The predicted octanol–water partition coefficient (Wildman–Crippen LogP) is 3.77. The minimum absolute atomic E-state index is 0.0122. The summed E-state index contributed by atoms with van der Waals surface area (Å²) in [6, 6.07) is 9.08. The Morgan fingerprint density at radius 1 is 1.21 bits per heavy atom. The van der Waals surface area contributed by atoms with Crippen molar-refractivity contribution in [3.8, 4) is 11.5 Å². The molecule has 0 saturated carbocycles. The van der Waals surface area contributed by atoms with E-state index in [2.05, 4.69) is 21.2 Å². The lowest BCUT2D eigenvalue weighted by Crippen LogP contribution is -2.12. The van der Waals surface area contributed by atoms with E-state index in [-0.39, 0.29) is 11.3 Å². The van der Waals surface area contributed by atoms with Gasteiger partial charge in [0.2, 0.25) is 0 Å². The maximum Gasteiger partial charge on any atom is 0.259 e. The Hall–Kier alpha value is -1.72. The van der Waals surface area contributed by atoms with Crippen LogP contribution in [0.25, 0.3) is 0 Å². The maximum absolute atomic E-state index is 12.0. The molecular weight excluding hydrogens is 334 g/mol. The molecule has 1 amide bonds. The molecule has 0 saturated heterocycles. The third-order valence-electron chi connectivity index (χ3n) is 2.44. The van der Waals surface area contributed by atoms with Crippen molar-refractivity contribution in [1.29, 1.82) is 0 Å². The lowest BCUT2D eigenvalue weighted by atomic mass is 10.1. The molecule has 0 atom stereocenters. The Kier molecular flexibility index (Phi) is 3.97. The van der Waals surface area contributed by atoms with Gasteiger partial charge >= 0.3 is 0 Å². The molecule has 0 aliphatic carbocycles. The molecule has 0 heterocycles. The minimum atomic E-state index is -0.531. The number of hydrogen-bond acceptors (Lipinski definition) is 3. The molecule has 4 nitrogen and oxygen atoms in total. The van der Waals surface area contributed by atoms with Gasteiger partial charge in [0.15, 0.2) is 11.5 Å². The van der Waals surface area contributed by atoms with Crippen molar-refractivity contribution in [2.75, 3.05) is 5.32 Å². The molecule has 0 aliphatic rings. The third-order valence-corrected chi connectivity index (χ3v) is 3.33. The summed E-state index contributed by atoms with van der Waals surface area (Å²) in [5.74, 6) is -1.33. The smallest absolute Gasteiger partial charge is 0.259 e. The molecule has 0 bridgehead atoms. The highest BCUT2D eigenvalue weighted by Crippen LogP contribution is 2.30. The lowest BCUT2D eigenvalue weighted by Gasteiger charge is -2.09. The van der Waals surface area contributed by atoms with Crippen LogP contribution in [0.4, 0.5) is 5.69 Å². The van der Waals surface area contributed by atoms with E-state index in [0.717, 1.165) is 0 Å². The van der Waals surface area contributed by atoms with E-state index >= 15 is 0 Å². The zero-order chi connectivity index (χ0) is 14.0. The van der Waals surface area contributed by atoms with E-state index in [0.29, 0.717) is 15.2 Å². The summed E-state index contributed by atoms with van der Waals surface area (Å²) in [7, 11) is 0. The van der Waals surface area contributed by atoms with Crippen LogP contribution in [-0.2, 0) is 0 Å². The van der Waals surface area contributed by atoms with Crippen LogP contribution < -0.4 is 5.32 Å². The predicted molar refractivity (Wildman–Crippen MR) is 76.9 cm³/mol. The van der Waals surface area contributed by atoms with Gasteiger partial charge in [0.05, 0.1) is 11.3 Å². The number of carbonyl (C=O) groups excluding carboxylic acids is 1. The van der Waals surface area contributed by atoms with Gasteiger partial charge in [-0.05, 0) is 46.3 Å². The topological polar surface area (TPSA) is 69.6 Å². The first-order chi connectivity index (χ1) is 8.99. The fraction of sp³-hybridized carbons (Fsp3) is 0. The molecular formula is C13H9BrClNO3. The molecule has 6 heteroatoms. The first kappa shape index (κ1) is 13.7. The summed E-state index contributed by atoms with van der Waals surface area (Å²) >= 11 is 9.07. The van der Waals surface area contributed by atoms with Crippen molar-refractivity contribution in [2.45, 2.75) is 0 Å². The number of nitrogens with one attached hydrogen (secondary N) is 1. The summed E-state index contributed by atoms with van der Waals surface area (Å²) in [6.07, 6.45) is 0. The van der Waals surface area contributed by atoms with Crippen LogP contribution in [0, 0.1) is 0 Å². The van der Waals surface area contributed by atoms with Gasteiger partial charge < -0.3 is 15.5 Å². The van der Waals surface area contributed by atoms with Crippen LogP contribution in [0.2, 0.25) is 5.02 Å². The second-order valence-electron chi connectivity index (χ2n) is 3.75. The Bertz CT molecular complexity index is 646. The molecule has 0 aliphatic heterocycles. The van der Waals surface area contributed by atoms with Crippen molar-refractivity contribution < 1.29 is 15.0 Å². The van der Waals surface area contributed by atoms with E-state index < -0.39 is 11.7 Å². The highest BCUT2D eigenvalue weighted by molar-refractivity contribution is 9.10. The van der Waals surface area contributed by atoms with Crippen LogP contribution in [0.5, 0.6) is 11.5 Å². The molecule has 2 rings (SSSR count). The zero-order valence-corrected chi connectivity index (χ0v) is 11.9. The van der Waals surface area contributed by atoms with Gasteiger partial charge in [0.25, 0.3) is 5.91 Å². The molecule has 0 unspecified atom stereocenters. The molecule has 0 spiro atoms. The molecule has 0 fully saturated rings. The van der Waals surface area contributed by atoms with E-state index in [4.69, 9.17) is 11.6 Å². The maximum atomic E-state index is 12.0. The SMILES string of the molecule is O=C(Nc1ccc(Cl)cc1Br)c1cccc(O)c1O. The number of carbonyl (C=O) groups is 1. The van der Waals surface area contributed by atoms with Crippen molar-refractivity contribution in [1.82, 2.24) is 0 Å². The fourth-order valence-corrected chi connectivity index (χ4v) is 2.28. The second kappa shape index (κ2) is 5.50. The van der Waals surface area contributed by atoms with E-state index in [1.165, 1.54) is 18.2 Å². The largest absolute Gasteiger partial charge is 0.504 e. The molecule has 98 valence electrons. The number of aromatic hydroxyl groups is 2. The minimum Gasteiger partial charge on any atom is -0.504 e. The van der Waals surface area contributed by atoms with Gasteiger partial charge in [-0.1, -0.05) is 17.7 Å². The first-order valence-electron chi connectivity index (χ1n) is 5.26. The van der Waals surface area contributed by atoms with E-state index in [9.17, 15) is 15.0 Å². The number of para-hydroxylation sites is 1. The Morgan fingerprint density at radius 2 is 1.95 bits per heavy atom. The van der Waals surface area contributed by atoms with E-state index in [1.54, 1.807) is 18.2 Å². The van der Waals surface area contributed by atoms with Crippen LogP contribution >= 0.6 is 27.5 Å². The number of phenols is 2. The van der Waals surface area contributed by atoms with Gasteiger partial charge in [-0.15, -0.1) is 0 Å². The Labute approximate surface area is 122 Å². The lowest BCUT2D eigenvalue weighted by molar-refractivity contribution is 0.102. The number of halogens is 2. The van der Waals surface area contributed by atoms with Gasteiger partial charge in [-0.2, -0.15) is 0 Å². The number of anilines is 1. The average molecular weight is 343 g/mol.